The van der Waals surface area contributed by atoms with Crippen molar-refractivity contribution in [2.24, 2.45) is 0 Å². The molecule has 0 bridgehead atoms. The highest BCUT2D eigenvalue weighted by molar-refractivity contribution is 5.65. The summed E-state index contributed by atoms with van der Waals surface area (Å²) in [5.41, 5.74) is 1.25. The molecule has 0 atom stereocenters. The summed E-state index contributed by atoms with van der Waals surface area (Å²) in [6, 6.07) is 0. The Kier molecular flexibility index (Phi) is 4.63. The molecule has 0 N–H and O–H groups in total. The number of hydrogen-bond acceptors (Lipinski definition) is 2. The molecule has 0 unspecified atom stereocenters. The molecule has 0 saturated heterocycles. The molecule has 0 rings (SSSR count). The molecule has 0 radical (unpaired) electrons. The second-order valence-electron chi connectivity index (χ2n) is 2.21. The molecule has 2 nitrogen and oxygen atoms in total. The van der Waals surface area contributed by atoms with Crippen LogP contribution in [0.5, 0.6) is 0 Å². The van der Waals surface area contributed by atoms with Gasteiger partial charge in [-0.2, -0.15) is 0 Å². The van der Waals surface area contributed by atoms with Crippen molar-refractivity contribution in [3.05, 3.63) is 11.6 Å². The lowest BCUT2D eigenvalue weighted by Gasteiger charge is -1.96. The Morgan fingerprint density at radius 2 is 2.10 bits per heavy atom. The van der Waals surface area contributed by atoms with E-state index in [1.165, 1.54) is 12.5 Å². The Bertz CT molecular complexity index is 136. The Morgan fingerprint density at radius 1 is 1.50 bits per heavy atom. The van der Waals surface area contributed by atoms with Gasteiger partial charge in [0, 0.05) is 6.92 Å². The zero-order valence-corrected chi connectivity index (χ0v) is 6.81. The molecular formula is C8H14O2. The van der Waals surface area contributed by atoms with E-state index in [0.717, 1.165) is 6.42 Å². The zero-order valence-electron chi connectivity index (χ0n) is 6.81. The lowest BCUT2D eigenvalue weighted by molar-refractivity contribution is -0.139. The summed E-state index contributed by atoms with van der Waals surface area (Å²) in [6.45, 7) is 5.91. The van der Waals surface area contributed by atoms with Crippen molar-refractivity contribution in [2.75, 3.05) is 6.61 Å². The predicted molar refractivity (Wildman–Crippen MR) is 40.7 cm³/mol. The van der Waals surface area contributed by atoms with Crippen LogP contribution in [0.3, 0.4) is 0 Å². The fourth-order valence-electron chi connectivity index (χ4n) is 0.446. The molecular weight excluding hydrogens is 128 g/mol. The first-order chi connectivity index (χ1) is 4.66. The van der Waals surface area contributed by atoms with Crippen molar-refractivity contribution in [3.63, 3.8) is 0 Å². The van der Waals surface area contributed by atoms with Crippen molar-refractivity contribution in [1.82, 2.24) is 0 Å². The summed E-state index contributed by atoms with van der Waals surface area (Å²) in [6.07, 6.45) is 2.93. The normalized spacial score (nSPS) is 11.3. The Balaban J connectivity index is 3.43. The number of carbonyl (C=O) groups is 1. The van der Waals surface area contributed by atoms with Crippen LogP contribution in [0.1, 0.15) is 27.2 Å². The van der Waals surface area contributed by atoms with E-state index in [1.807, 2.05) is 13.0 Å². The standard InChI is InChI=1S/C8H14O2/c1-4-7(2)5-6-10-8(3)9/h5H,4,6H2,1-3H3/b7-5+. The number of allylic oxidation sites excluding steroid dienone is 1. The van der Waals surface area contributed by atoms with Gasteiger partial charge in [0.2, 0.25) is 0 Å². The molecule has 0 spiro atoms. The maximum atomic E-state index is 10.3. The van der Waals surface area contributed by atoms with Crippen molar-refractivity contribution in [3.8, 4) is 0 Å². The molecule has 0 aromatic carbocycles. The maximum Gasteiger partial charge on any atom is 0.302 e. The Hall–Kier alpha value is -0.790. The number of rotatable bonds is 3. The summed E-state index contributed by atoms with van der Waals surface area (Å²) in [7, 11) is 0. The van der Waals surface area contributed by atoms with Crippen LogP contribution in [-0.4, -0.2) is 12.6 Å². The van der Waals surface area contributed by atoms with Gasteiger partial charge in [-0.3, -0.25) is 4.79 Å². The molecule has 0 fully saturated rings. The van der Waals surface area contributed by atoms with E-state index in [-0.39, 0.29) is 5.97 Å². The van der Waals surface area contributed by atoms with Gasteiger partial charge < -0.3 is 4.74 Å². The molecule has 0 aromatic rings. The number of esters is 1. The number of carbonyl (C=O) groups excluding carboxylic acids is 1. The molecule has 0 aliphatic rings. The monoisotopic (exact) mass is 142 g/mol. The highest BCUT2D eigenvalue weighted by Crippen LogP contribution is 1.96. The highest BCUT2D eigenvalue weighted by atomic mass is 16.5. The third-order valence-electron chi connectivity index (χ3n) is 1.28. The van der Waals surface area contributed by atoms with E-state index >= 15 is 0 Å². The van der Waals surface area contributed by atoms with Crippen LogP contribution < -0.4 is 0 Å². The van der Waals surface area contributed by atoms with Gasteiger partial charge in [0.1, 0.15) is 6.61 Å². The largest absolute Gasteiger partial charge is 0.462 e. The van der Waals surface area contributed by atoms with Crippen LogP contribution in [0.15, 0.2) is 11.6 Å². The van der Waals surface area contributed by atoms with Gasteiger partial charge in [0.05, 0.1) is 0 Å². The van der Waals surface area contributed by atoms with Gasteiger partial charge in [-0.15, -0.1) is 0 Å². The smallest absolute Gasteiger partial charge is 0.302 e. The van der Waals surface area contributed by atoms with Crippen LogP contribution in [0, 0.1) is 0 Å². The maximum absolute atomic E-state index is 10.3. The second kappa shape index (κ2) is 5.03. The third-order valence-corrected chi connectivity index (χ3v) is 1.28. The topological polar surface area (TPSA) is 26.3 Å². The molecule has 2 heteroatoms. The third kappa shape index (κ3) is 5.35. The van der Waals surface area contributed by atoms with E-state index in [2.05, 4.69) is 6.92 Å². The minimum absolute atomic E-state index is 0.222. The summed E-state index contributed by atoms with van der Waals surface area (Å²) in [5, 5.41) is 0. The minimum Gasteiger partial charge on any atom is -0.462 e. The van der Waals surface area contributed by atoms with E-state index in [0.29, 0.717) is 6.61 Å². The summed E-state index contributed by atoms with van der Waals surface area (Å²) < 4.78 is 4.70. The van der Waals surface area contributed by atoms with Crippen LogP contribution in [0.2, 0.25) is 0 Å². The quantitative estimate of drug-likeness (QED) is 0.444. The Labute approximate surface area is 61.9 Å². The molecule has 0 saturated carbocycles. The summed E-state index contributed by atoms with van der Waals surface area (Å²) >= 11 is 0. The highest BCUT2D eigenvalue weighted by Gasteiger charge is 1.88. The molecule has 58 valence electrons. The van der Waals surface area contributed by atoms with E-state index < -0.39 is 0 Å². The molecule has 10 heavy (non-hydrogen) atoms. The first kappa shape index (κ1) is 9.21. The molecule has 0 aliphatic carbocycles. The van der Waals surface area contributed by atoms with Crippen LogP contribution >= 0.6 is 0 Å². The van der Waals surface area contributed by atoms with Crippen LogP contribution in [-0.2, 0) is 9.53 Å². The lowest BCUT2D eigenvalue weighted by atomic mass is 10.2. The summed E-state index contributed by atoms with van der Waals surface area (Å²) in [5.74, 6) is -0.222. The van der Waals surface area contributed by atoms with Crippen molar-refractivity contribution in [2.45, 2.75) is 27.2 Å². The second-order valence-corrected chi connectivity index (χ2v) is 2.21. The predicted octanol–water partition coefficient (Wildman–Crippen LogP) is 1.91. The zero-order chi connectivity index (χ0) is 7.98. The van der Waals surface area contributed by atoms with Gasteiger partial charge in [-0.25, -0.2) is 0 Å². The van der Waals surface area contributed by atoms with Crippen molar-refractivity contribution in [1.29, 1.82) is 0 Å². The van der Waals surface area contributed by atoms with Crippen LogP contribution in [0.4, 0.5) is 0 Å². The molecule has 0 aliphatic heterocycles. The number of hydrogen-bond donors (Lipinski definition) is 0. The van der Waals surface area contributed by atoms with Crippen molar-refractivity contribution < 1.29 is 9.53 Å². The minimum atomic E-state index is -0.222. The fraction of sp³-hybridized carbons (Fsp3) is 0.625. The van der Waals surface area contributed by atoms with Gasteiger partial charge >= 0.3 is 5.97 Å². The Morgan fingerprint density at radius 3 is 2.50 bits per heavy atom. The lowest BCUT2D eigenvalue weighted by Crippen LogP contribution is -1.97. The molecule has 0 aromatic heterocycles. The fourth-order valence-corrected chi connectivity index (χ4v) is 0.446. The number of ether oxygens (including phenoxy) is 1. The van der Waals surface area contributed by atoms with Gasteiger partial charge in [-0.05, 0) is 19.4 Å². The SMILES string of the molecule is CC/C(C)=C/COC(C)=O. The van der Waals surface area contributed by atoms with Crippen LogP contribution in [0.25, 0.3) is 0 Å². The van der Waals surface area contributed by atoms with E-state index in [9.17, 15) is 4.79 Å². The van der Waals surface area contributed by atoms with Gasteiger partial charge in [0.25, 0.3) is 0 Å². The first-order valence-electron chi connectivity index (χ1n) is 3.45. The van der Waals surface area contributed by atoms with E-state index in [1.54, 1.807) is 0 Å². The first-order valence-corrected chi connectivity index (χ1v) is 3.45. The van der Waals surface area contributed by atoms with E-state index in [4.69, 9.17) is 4.74 Å². The van der Waals surface area contributed by atoms with Gasteiger partial charge in [-0.1, -0.05) is 12.5 Å². The van der Waals surface area contributed by atoms with Gasteiger partial charge in [0.15, 0.2) is 0 Å². The van der Waals surface area contributed by atoms with Crippen molar-refractivity contribution >= 4 is 5.97 Å². The molecule has 0 heterocycles. The molecule has 0 amide bonds. The average molecular weight is 142 g/mol. The summed E-state index contributed by atoms with van der Waals surface area (Å²) in [4.78, 5) is 10.3. The average Bonchev–Trinajstić information content (AvgIpc) is 1.87.